The van der Waals surface area contributed by atoms with E-state index in [0.29, 0.717) is 16.8 Å². The molecule has 0 bridgehead atoms. The molecule has 3 aromatic heterocycles. The van der Waals surface area contributed by atoms with Crippen molar-refractivity contribution in [1.82, 2.24) is 14.1 Å². The number of hydrogen-bond donors (Lipinski definition) is 0. The van der Waals surface area contributed by atoms with Crippen LogP contribution < -0.4 is 0 Å². The van der Waals surface area contributed by atoms with E-state index in [1.54, 1.807) is 0 Å². The maximum Gasteiger partial charge on any atom is 0.194 e. The first-order valence-corrected chi connectivity index (χ1v) is 18.2. The molecule has 0 atom stereocenters. The number of aromatic nitrogens is 3. The SMILES string of the molecule is [C-]#[N+]c1ccccc1-c1ccc2c(c1)c1ccccc1n2-c1ccncc1-c1cc(C#N)ccc1-n1c2ccccc2c2cc(-c3ccccc3C#N)ccc21. The average molecular weight is 713 g/mol. The highest BCUT2D eigenvalue weighted by Crippen LogP contribution is 2.43. The largest absolute Gasteiger partial charge is 0.309 e. The van der Waals surface area contributed by atoms with E-state index in [0.717, 1.165) is 88.4 Å². The van der Waals surface area contributed by atoms with Crippen molar-refractivity contribution >= 4 is 49.3 Å². The van der Waals surface area contributed by atoms with E-state index in [1.165, 1.54) is 0 Å². The molecule has 0 aliphatic rings. The molecule has 0 saturated carbocycles. The molecule has 0 spiro atoms. The van der Waals surface area contributed by atoms with Gasteiger partial charge in [0.25, 0.3) is 0 Å². The van der Waals surface area contributed by atoms with Crippen LogP contribution in [0.15, 0.2) is 170 Å². The summed E-state index contributed by atoms with van der Waals surface area (Å²) in [4.78, 5) is 8.46. The maximum atomic E-state index is 10.2. The Kier molecular flexibility index (Phi) is 7.53. The molecule has 0 saturated heterocycles. The van der Waals surface area contributed by atoms with E-state index >= 15 is 0 Å². The molecule has 10 aromatic rings. The lowest BCUT2D eigenvalue weighted by molar-refractivity contribution is 1.14. The third-order valence-electron chi connectivity index (χ3n) is 10.7. The van der Waals surface area contributed by atoms with Crippen LogP contribution in [0.1, 0.15) is 11.1 Å². The fourth-order valence-electron chi connectivity index (χ4n) is 8.25. The van der Waals surface area contributed by atoms with Gasteiger partial charge in [0.15, 0.2) is 5.69 Å². The van der Waals surface area contributed by atoms with E-state index in [1.807, 2.05) is 91.3 Å². The summed E-state index contributed by atoms with van der Waals surface area (Å²) in [6, 6.07) is 57.6. The summed E-state index contributed by atoms with van der Waals surface area (Å²) in [5.41, 5.74) is 13.2. The molecule has 258 valence electrons. The summed E-state index contributed by atoms with van der Waals surface area (Å²) in [7, 11) is 0. The number of para-hydroxylation sites is 3. The number of fused-ring (bicyclic) bond motifs is 6. The van der Waals surface area contributed by atoms with Crippen molar-refractivity contribution in [1.29, 1.82) is 10.5 Å². The van der Waals surface area contributed by atoms with Gasteiger partial charge in [0.2, 0.25) is 0 Å². The topological polar surface area (TPSA) is 74.7 Å². The van der Waals surface area contributed by atoms with Gasteiger partial charge in [-0.3, -0.25) is 4.98 Å². The van der Waals surface area contributed by atoms with Crippen LogP contribution in [0, 0.1) is 29.2 Å². The highest BCUT2D eigenvalue weighted by Gasteiger charge is 2.22. The Morgan fingerprint density at radius 2 is 1.05 bits per heavy atom. The summed E-state index contributed by atoms with van der Waals surface area (Å²) < 4.78 is 4.55. The summed E-state index contributed by atoms with van der Waals surface area (Å²) in [6.07, 6.45) is 3.70. The molecular formula is C50H28N6. The molecule has 0 radical (unpaired) electrons. The van der Waals surface area contributed by atoms with Crippen molar-refractivity contribution < 1.29 is 0 Å². The molecule has 7 aromatic carbocycles. The van der Waals surface area contributed by atoms with Crippen LogP contribution in [0.3, 0.4) is 0 Å². The fraction of sp³-hybridized carbons (Fsp3) is 0. The monoisotopic (exact) mass is 712 g/mol. The number of nitriles is 2. The van der Waals surface area contributed by atoms with Gasteiger partial charge in [-0.2, -0.15) is 10.5 Å². The molecule has 0 unspecified atom stereocenters. The third kappa shape index (κ3) is 4.97. The summed E-state index contributed by atoms with van der Waals surface area (Å²) in [5, 5.41) is 24.4. The molecule has 0 amide bonds. The Labute approximate surface area is 322 Å². The minimum atomic E-state index is 0.542. The Morgan fingerprint density at radius 1 is 0.482 bits per heavy atom. The van der Waals surface area contributed by atoms with Crippen LogP contribution in [0.2, 0.25) is 0 Å². The Hall–Kier alpha value is -8.24. The van der Waals surface area contributed by atoms with Gasteiger partial charge in [-0.1, -0.05) is 91.0 Å². The first-order chi connectivity index (χ1) is 27.7. The lowest BCUT2D eigenvalue weighted by atomic mass is 9.98. The highest BCUT2D eigenvalue weighted by atomic mass is 15.0. The Balaban J connectivity index is 1.23. The zero-order valence-corrected chi connectivity index (χ0v) is 29.8. The second-order valence-electron chi connectivity index (χ2n) is 13.7. The van der Waals surface area contributed by atoms with Crippen molar-refractivity contribution in [2.75, 3.05) is 0 Å². The van der Waals surface area contributed by atoms with Crippen LogP contribution in [0.4, 0.5) is 5.69 Å². The van der Waals surface area contributed by atoms with Gasteiger partial charge in [-0.15, -0.1) is 0 Å². The first kappa shape index (κ1) is 32.4. The van der Waals surface area contributed by atoms with Crippen molar-refractivity contribution in [3.63, 3.8) is 0 Å². The number of benzene rings is 7. The maximum absolute atomic E-state index is 10.2. The van der Waals surface area contributed by atoms with Gasteiger partial charge >= 0.3 is 0 Å². The van der Waals surface area contributed by atoms with Crippen molar-refractivity contribution in [2.45, 2.75) is 0 Å². The number of hydrogen-bond acceptors (Lipinski definition) is 3. The van der Waals surface area contributed by atoms with Crippen LogP contribution in [-0.2, 0) is 0 Å². The first-order valence-electron chi connectivity index (χ1n) is 18.2. The molecule has 6 nitrogen and oxygen atoms in total. The molecule has 56 heavy (non-hydrogen) atoms. The van der Waals surface area contributed by atoms with Gasteiger partial charge < -0.3 is 9.13 Å². The van der Waals surface area contributed by atoms with Crippen LogP contribution in [-0.4, -0.2) is 14.1 Å². The van der Waals surface area contributed by atoms with Gasteiger partial charge in [0.1, 0.15) is 0 Å². The quantitative estimate of drug-likeness (QED) is 0.167. The Morgan fingerprint density at radius 3 is 1.71 bits per heavy atom. The zero-order valence-electron chi connectivity index (χ0n) is 29.8. The molecule has 10 rings (SSSR count). The lowest BCUT2D eigenvalue weighted by Gasteiger charge is -2.18. The van der Waals surface area contributed by atoms with E-state index in [4.69, 9.17) is 6.57 Å². The summed E-state index contributed by atoms with van der Waals surface area (Å²) in [6.45, 7) is 7.78. The second-order valence-corrected chi connectivity index (χ2v) is 13.7. The Bertz CT molecular complexity index is 3360. The molecule has 0 fully saturated rings. The highest BCUT2D eigenvalue weighted by molar-refractivity contribution is 6.13. The van der Waals surface area contributed by atoms with Gasteiger partial charge in [0.05, 0.1) is 63.3 Å². The van der Waals surface area contributed by atoms with Gasteiger partial charge in [-0.05, 0) is 89.0 Å². The molecule has 0 N–H and O–H groups in total. The van der Waals surface area contributed by atoms with Gasteiger partial charge in [0, 0.05) is 45.1 Å². The zero-order chi connectivity index (χ0) is 37.8. The molecule has 6 heteroatoms. The molecule has 0 aliphatic heterocycles. The molecular weight excluding hydrogens is 685 g/mol. The lowest BCUT2D eigenvalue weighted by Crippen LogP contribution is -2.02. The summed E-state index contributed by atoms with van der Waals surface area (Å²) in [5.74, 6) is 0. The number of nitrogens with zero attached hydrogens (tertiary/aromatic N) is 6. The van der Waals surface area contributed by atoms with Crippen molar-refractivity contribution in [3.05, 3.63) is 193 Å². The van der Waals surface area contributed by atoms with Gasteiger partial charge in [-0.25, -0.2) is 4.85 Å². The number of pyridine rings is 1. The van der Waals surface area contributed by atoms with Crippen LogP contribution in [0.25, 0.3) is 93.2 Å². The molecule has 3 heterocycles. The number of rotatable bonds is 5. The third-order valence-corrected chi connectivity index (χ3v) is 10.7. The van der Waals surface area contributed by atoms with Crippen molar-refractivity contribution in [2.24, 2.45) is 0 Å². The van der Waals surface area contributed by atoms with Crippen LogP contribution in [0.5, 0.6) is 0 Å². The fourth-order valence-corrected chi connectivity index (χ4v) is 8.25. The standard InChI is InChI=1S/C50H28N6/c1-53-44-15-7-4-12-37(44)34-20-23-49-42(28-34)39-14-6-9-17-46(39)56(49)50-24-25-54-31-43(50)40-26-32(29-51)18-21-47(40)55-45-16-8-5-13-38(45)41-27-33(19-22-48(41)55)36-11-3-2-10-35(36)30-52/h2-28,31H. The van der Waals surface area contributed by atoms with E-state index in [9.17, 15) is 10.5 Å². The predicted molar refractivity (Wildman–Crippen MR) is 225 cm³/mol. The summed E-state index contributed by atoms with van der Waals surface area (Å²) >= 11 is 0. The normalized spacial score (nSPS) is 11.2. The van der Waals surface area contributed by atoms with E-state index < -0.39 is 0 Å². The average Bonchev–Trinajstić information content (AvgIpc) is 3.78. The van der Waals surface area contributed by atoms with E-state index in [-0.39, 0.29) is 0 Å². The minimum absolute atomic E-state index is 0.542. The minimum Gasteiger partial charge on any atom is -0.309 e. The predicted octanol–water partition coefficient (Wildman–Crippen LogP) is 12.6. The van der Waals surface area contributed by atoms with E-state index in [2.05, 4.69) is 110 Å². The molecule has 0 aliphatic carbocycles. The van der Waals surface area contributed by atoms with Crippen molar-refractivity contribution in [3.8, 4) is 56.9 Å². The van der Waals surface area contributed by atoms with Crippen LogP contribution >= 0.6 is 0 Å². The second kappa shape index (κ2) is 13.0. The smallest absolute Gasteiger partial charge is 0.194 e.